The average molecular weight is 359 g/mol. The number of aromatic nitrogens is 3. The summed E-state index contributed by atoms with van der Waals surface area (Å²) in [7, 11) is 0. The Morgan fingerprint density at radius 1 is 1.04 bits per heavy atom. The first-order chi connectivity index (χ1) is 12.5. The van der Waals surface area contributed by atoms with Gasteiger partial charge in [-0.3, -0.25) is 9.78 Å². The zero-order valence-corrected chi connectivity index (χ0v) is 14.2. The maximum atomic E-state index is 14.9. The molecule has 0 radical (unpaired) electrons. The minimum absolute atomic E-state index is 0.0249. The highest BCUT2D eigenvalue weighted by atomic mass is 19.3. The van der Waals surface area contributed by atoms with Gasteiger partial charge in [0, 0.05) is 57.4 Å². The lowest BCUT2D eigenvalue weighted by Crippen LogP contribution is -2.58. The van der Waals surface area contributed by atoms with Crippen molar-refractivity contribution < 1.29 is 13.6 Å². The van der Waals surface area contributed by atoms with Crippen molar-refractivity contribution in [2.45, 2.75) is 18.8 Å². The van der Waals surface area contributed by atoms with Gasteiger partial charge >= 0.3 is 0 Å². The van der Waals surface area contributed by atoms with E-state index in [1.165, 1.54) is 11.1 Å². The van der Waals surface area contributed by atoms with Crippen LogP contribution in [-0.2, 0) is 0 Å². The first-order valence-electron chi connectivity index (χ1n) is 8.60. The molecule has 4 heterocycles. The molecule has 0 bridgehead atoms. The van der Waals surface area contributed by atoms with Crippen LogP contribution < -0.4 is 4.90 Å². The Hall–Kier alpha value is -2.64. The van der Waals surface area contributed by atoms with E-state index >= 15 is 0 Å². The number of pyridine rings is 1. The van der Waals surface area contributed by atoms with Crippen molar-refractivity contribution in [3.63, 3.8) is 0 Å². The Balaban J connectivity index is 1.57. The molecule has 0 aliphatic carbocycles. The van der Waals surface area contributed by atoms with Gasteiger partial charge in [0.2, 0.25) is 5.95 Å². The third-order valence-electron chi connectivity index (χ3n) is 5.35. The standard InChI is InChI=1S/C18H19F2N5O/c19-18(20)5-10-24(15(26)14-3-1-6-21-11-14)12-17(18)4-9-25(13-17)16-22-7-2-8-23-16/h1-3,6-8,11H,4-5,9-10,12-13H2/t17-/m1/s1. The first-order valence-corrected chi connectivity index (χ1v) is 8.60. The van der Waals surface area contributed by atoms with Gasteiger partial charge in [0.1, 0.15) is 0 Å². The molecule has 4 rings (SSSR count). The van der Waals surface area contributed by atoms with E-state index in [9.17, 15) is 13.6 Å². The molecule has 2 aliphatic heterocycles. The van der Waals surface area contributed by atoms with Gasteiger partial charge in [-0.2, -0.15) is 0 Å². The smallest absolute Gasteiger partial charge is 0.258 e. The second kappa shape index (κ2) is 6.26. The Morgan fingerprint density at radius 3 is 2.58 bits per heavy atom. The summed E-state index contributed by atoms with van der Waals surface area (Å²) in [5, 5.41) is 0. The van der Waals surface area contributed by atoms with Gasteiger partial charge in [-0.1, -0.05) is 0 Å². The quantitative estimate of drug-likeness (QED) is 0.823. The highest BCUT2D eigenvalue weighted by Gasteiger charge is 2.60. The van der Waals surface area contributed by atoms with Gasteiger partial charge < -0.3 is 9.80 Å². The molecule has 2 saturated heterocycles. The van der Waals surface area contributed by atoms with E-state index in [2.05, 4.69) is 15.0 Å². The van der Waals surface area contributed by atoms with Gasteiger partial charge in [-0.25, -0.2) is 18.7 Å². The predicted octanol–water partition coefficient (Wildman–Crippen LogP) is 2.25. The summed E-state index contributed by atoms with van der Waals surface area (Å²) in [6.07, 6.45) is 6.23. The Kier molecular flexibility index (Phi) is 4.05. The molecule has 26 heavy (non-hydrogen) atoms. The van der Waals surface area contributed by atoms with E-state index in [4.69, 9.17) is 0 Å². The number of hydrogen-bond acceptors (Lipinski definition) is 5. The lowest BCUT2D eigenvalue weighted by molar-refractivity contribution is -0.150. The molecule has 0 saturated carbocycles. The van der Waals surface area contributed by atoms with E-state index in [0.717, 1.165) is 0 Å². The van der Waals surface area contributed by atoms with Crippen LogP contribution in [0.15, 0.2) is 43.0 Å². The van der Waals surface area contributed by atoms with Crippen LogP contribution in [-0.4, -0.2) is 57.9 Å². The maximum absolute atomic E-state index is 14.9. The number of carbonyl (C=O) groups excluding carboxylic acids is 1. The predicted molar refractivity (Wildman–Crippen MR) is 91.0 cm³/mol. The molecule has 0 N–H and O–H groups in total. The normalized spacial score (nSPS) is 24.8. The molecular weight excluding hydrogens is 340 g/mol. The number of anilines is 1. The minimum Gasteiger partial charge on any atom is -0.340 e. The third-order valence-corrected chi connectivity index (χ3v) is 5.35. The van der Waals surface area contributed by atoms with Crippen LogP contribution in [0.4, 0.5) is 14.7 Å². The maximum Gasteiger partial charge on any atom is 0.258 e. The molecule has 2 aliphatic rings. The summed E-state index contributed by atoms with van der Waals surface area (Å²) in [5.41, 5.74) is -0.850. The van der Waals surface area contributed by atoms with Gasteiger partial charge in [0.05, 0.1) is 11.0 Å². The monoisotopic (exact) mass is 359 g/mol. The number of hydrogen-bond donors (Lipinski definition) is 0. The Bertz CT molecular complexity index is 789. The molecule has 6 nitrogen and oxygen atoms in total. The van der Waals surface area contributed by atoms with E-state index in [-0.39, 0.29) is 32.0 Å². The zero-order chi connectivity index (χ0) is 18.2. The Labute approximate surface area is 149 Å². The summed E-state index contributed by atoms with van der Waals surface area (Å²) in [6, 6.07) is 5.03. The fraction of sp³-hybridized carbons (Fsp3) is 0.444. The third kappa shape index (κ3) is 2.79. The van der Waals surface area contributed by atoms with Crippen LogP contribution in [0.3, 0.4) is 0 Å². The minimum atomic E-state index is -2.83. The van der Waals surface area contributed by atoms with Crippen molar-refractivity contribution in [1.82, 2.24) is 19.9 Å². The van der Waals surface area contributed by atoms with Crippen molar-refractivity contribution in [1.29, 1.82) is 0 Å². The Morgan fingerprint density at radius 2 is 1.85 bits per heavy atom. The fourth-order valence-electron chi connectivity index (χ4n) is 3.87. The van der Waals surface area contributed by atoms with Crippen LogP contribution in [0, 0.1) is 5.41 Å². The number of rotatable bonds is 2. The highest BCUT2D eigenvalue weighted by molar-refractivity contribution is 5.94. The topological polar surface area (TPSA) is 62.2 Å². The van der Waals surface area contributed by atoms with Crippen LogP contribution in [0.25, 0.3) is 0 Å². The summed E-state index contributed by atoms with van der Waals surface area (Å²) in [4.78, 5) is 28.3. The van der Waals surface area contributed by atoms with Gasteiger partial charge in [0.25, 0.3) is 11.8 Å². The second-order valence-electron chi connectivity index (χ2n) is 6.92. The zero-order valence-electron chi connectivity index (χ0n) is 14.2. The highest BCUT2D eigenvalue weighted by Crippen LogP contribution is 2.50. The van der Waals surface area contributed by atoms with E-state index < -0.39 is 11.3 Å². The number of carbonyl (C=O) groups is 1. The molecular formula is C18H19F2N5O. The van der Waals surface area contributed by atoms with E-state index in [1.807, 2.05) is 0 Å². The molecule has 2 aromatic heterocycles. The van der Waals surface area contributed by atoms with Crippen LogP contribution in [0.1, 0.15) is 23.2 Å². The molecule has 1 amide bonds. The lowest BCUT2D eigenvalue weighted by Gasteiger charge is -2.45. The van der Waals surface area contributed by atoms with Crippen LogP contribution in [0.2, 0.25) is 0 Å². The fourth-order valence-corrected chi connectivity index (χ4v) is 3.87. The summed E-state index contributed by atoms with van der Waals surface area (Å²) >= 11 is 0. The van der Waals surface area contributed by atoms with Crippen molar-refractivity contribution >= 4 is 11.9 Å². The molecule has 1 atom stereocenters. The molecule has 136 valence electrons. The SMILES string of the molecule is O=C(c1cccnc1)N1CCC(F)(F)[C@]2(CCN(c3ncccn3)C2)C1. The number of piperidine rings is 1. The van der Waals surface area contributed by atoms with Crippen LogP contribution >= 0.6 is 0 Å². The van der Waals surface area contributed by atoms with Gasteiger partial charge in [-0.15, -0.1) is 0 Å². The van der Waals surface area contributed by atoms with Gasteiger partial charge in [-0.05, 0) is 24.6 Å². The first kappa shape index (κ1) is 16.8. The molecule has 2 aromatic rings. The number of alkyl halides is 2. The average Bonchev–Trinajstić information content (AvgIpc) is 3.11. The molecule has 8 heteroatoms. The molecule has 0 aromatic carbocycles. The van der Waals surface area contributed by atoms with Crippen molar-refractivity contribution in [3.05, 3.63) is 48.5 Å². The molecule has 1 spiro atoms. The van der Waals surface area contributed by atoms with Crippen molar-refractivity contribution in [3.8, 4) is 0 Å². The lowest BCUT2D eigenvalue weighted by atomic mass is 9.75. The summed E-state index contributed by atoms with van der Waals surface area (Å²) in [6.45, 7) is 0.663. The molecule has 0 unspecified atom stereocenters. The second-order valence-corrected chi connectivity index (χ2v) is 6.92. The summed E-state index contributed by atoms with van der Waals surface area (Å²) in [5.74, 6) is -2.62. The van der Waals surface area contributed by atoms with E-state index in [0.29, 0.717) is 24.5 Å². The largest absolute Gasteiger partial charge is 0.340 e. The number of amides is 1. The van der Waals surface area contributed by atoms with Crippen molar-refractivity contribution in [2.24, 2.45) is 5.41 Å². The van der Waals surface area contributed by atoms with Crippen molar-refractivity contribution in [2.75, 3.05) is 31.1 Å². The van der Waals surface area contributed by atoms with Crippen LogP contribution in [0.5, 0.6) is 0 Å². The number of halogens is 2. The molecule has 2 fully saturated rings. The van der Waals surface area contributed by atoms with Gasteiger partial charge in [0.15, 0.2) is 0 Å². The number of likely N-dealkylation sites (tertiary alicyclic amines) is 1. The number of nitrogens with zero attached hydrogens (tertiary/aromatic N) is 5. The summed E-state index contributed by atoms with van der Waals surface area (Å²) < 4.78 is 29.8. The van der Waals surface area contributed by atoms with E-state index in [1.54, 1.807) is 41.7 Å².